The third kappa shape index (κ3) is 6.97. The van der Waals surface area contributed by atoms with Crippen LogP contribution in [-0.4, -0.2) is 25.6 Å². The minimum atomic E-state index is -6.62. The van der Waals surface area contributed by atoms with Crippen molar-refractivity contribution < 1.29 is 62.8 Å². The Labute approximate surface area is 89.2 Å². The first kappa shape index (κ1) is 17.4. The van der Waals surface area contributed by atoms with Crippen molar-refractivity contribution in [1.82, 2.24) is 0 Å². The topological polar surface area (TPSA) is 9.23 Å². The van der Waals surface area contributed by atoms with Crippen LogP contribution >= 0.6 is 0 Å². The number of halogens is 9. The summed E-state index contributed by atoms with van der Waals surface area (Å²) in [5.74, 6) is 0. The van der Waals surface area contributed by atoms with Crippen LogP contribution in [-0.2, 0) is 4.65 Å². The van der Waals surface area contributed by atoms with Gasteiger partial charge in [-0.3, -0.25) is 0 Å². The second kappa shape index (κ2) is 4.88. The van der Waals surface area contributed by atoms with Crippen LogP contribution < -0.4 is 18.9 Å². The van der Waals surface area contributed by atoms with Crippen LogP contribution in [0.4, 0.5) is 39.3 Å². The fraction of sp³-hybridized carbons (Fsp3) is 1.00. The average Bonchev–Trinajstić information content (AvgIpc) is 1.75. The largest absolute Gasteiger partial charge is 1.00 e. The van der Waals surface area contributed by atoms with Crippen molar-refractivity contribution in [2.24, 2.45) is 0 Å². The molecule has 0 amide bonds. The summed E-state index contributed by atoms with van der Waals surface area (Å²) in [6.07, 6.45) is -17.1. The second-order valence-corrected chi connectivity index (χ2v) is 2.11. The minimum absolute atomic E-state index is 0. The third-order valence-electron chi connectivity index (χ3n) is 0.885. The van der Waals surface area contributed by atoms with Crippen molar-refractivity contribution in [2.75, 3.05) is 0 Å². The monoisotopic (exact) mass is 242 g/mol. The molecule has 0 saturated heterocycles. The molecule has 1 nitrogen and oxygen atoms in total. The molecule has 0 rings (SSSR count). The standard InChI is InChI=1S/C3HBF9O.Li/c5-2(6,7)1(3(8,9)10)14-4(11,12)13;/h1H;/q-1;+1. The first-order chi connectivity index (χ1) is 5.84. The van der Waals surface area contributed by atoms with Crippen LogP contribution in [0.15, 0.2) is 0 Å². The molecule has 0 saturated carbocycles. The molecule has 0 N–H and O–H groups in total. The maximum absolute atomic E-state index is 11.4. The van der Waals surface area contributed by atoms with Gasteiger partial charge in [0.25, 0.3) is 0 Å². The quantitative estimate of drug-likeness (QED) is 0.483. The van der Waals surface area contributed by atoms with Crippen LogP contribution in [0, 0.1) is 0 Å². The first-order valence-corrected chi connectivity index (χ1v) is 2.84. The molecule has 0 aromatic rings. The zero-order chi connectivity index (χ0) is 11.8. The van der Waals surface area contributed by atoms with Crippen molar-refractivity contribution in [3.8, 4) is 0 Å². The zero-order valence-electron chi connectivity index (χ0n) is 6.96. The van der Waals surface area contributed by atoms with Crippen molar-refractivity contribution in [3.05, 3.63) is 0 Å². The molecule has 0 unspecified atom stereocenters. The summed E-state index contributed by atoms with van der Waals surface area (Å²) in [5.41, 5.74) is 0. The Bertz CT molecular complexity index is 179. The van der Waals surface area contributed by atoms with Gasteiger partial charge in [-0.15, -0.1) is 0 Å². The molecule has 12 heteroatoms. The van der Waals surface area contributed by atoms with Gasteiger partial charge in [-0.05, 0) is 0 Å². The van der Waals surface area contributed by atoms with Gasteiger partial charge in [0, 0.05) is 0 Å². The summed E-state index contributed by atoms with van der Waals surface area (Å²) in [5, 5.41) is 0. The van der Waals surface area contributed by atoms with Gasteiger partial charge in [0.1, 0.15) is 0 Å². The van der Waals surface area contributed by atoms with Gasteiger partial charge in [0.2, 0.25) is 6.10 Å². The van der Waals surface area contributed by atoms with Gasteiger partial charge in [0.15, 0.2) is 0 Å². The van der Waals surface area contributed by atoms with Crippen LogP contribution in [0.2, 0.25) is 0 Å². The van der Waals surface area contributed by atoms with Crippen molar-refractivity contribution in [2.45, 2.75) is 18.5 Å². The van der Waals surface area contributed by atoms with Crippen LogP contribution in [0.3, 0.4) is 0 Å². The van der Waals surface area contributed by atoms with Crippen molar-refractivity contribution in [1.29, 1.82) is 0 Å². The van der Waals surface area contributed by atoms with Gasteiger partial charge in [0.05, 0.1) is 0 Å². The van der Waals surface area contributed by atoms with Crippen LogP contribution in [0.5, 0.6) is 0 Å². The number of hydrogen-bond acceptors (Lipinski definition) is 1. The average molecular weight is 242 g/mol. The van der Waals surface area contributed by atoms with E-state index in [1.54, 1.807) is 0 Å². The normalized spacial score (nSPS) is 14.0. The van der Waals surface area contributed by atoms with E-state index in [0.717, 1.165) is 0 Å². The Morgan fingerprint density at radius 3 is 1.13 bits per heavy atom. The molecule has 0 radical (unpaired) electrons. The molecule has 0 aliphatic heterocycles. The Balaban J connectivity index is 0. The molecule has 0 heterocycles. The molecule has 0 aliphatic rings. The summed E-state index contributed by atoms with van der Waals surface area (Å²) in [4.78, 5) is 0. The molecular formula is C3HBF9LiO. The minimum Gasteiger partial charge on any atom is -0.492 e. The van der Waals surface area contributed by atoms with E-state index in [9.17, 15) is 39.3 Å². The summed E-state index contributed by atoms with van der Waals surface area (Å²) in [6, 6.07) is 0. The smallest absolute Gasteiger partial charge is 0.492 e. The summed E-state index contributed by atoms with van der Waals surface area (Å²) in [6.45, 7) is 0. The van der Waals surface area contributed by atoms with Gasteiger partial charge in [-0.1, -0.05) is 0 Å². The Hall–Kier alpha value is -0.00766. The summed E-state index contributed by atoms with van der Waals surface area (Å²) in [7, 11) is -6.62. The van der Waals surface area contributed by atoms with Crippen LogP contribution in [0.25, 0.3) is 0 Å². The molecule has 0 spiro atoms. The van der Waals surface area contributed by atoms with Crippen LogP contribution in [0.1, 0.15) is 0 Å². The predicted octanol–water partition coefficient (Wildman–Crippen LogP) is -0.156. The van der Waals surface area contributed by atoms with E-state index in [0.29, 0.717) is 0 Å². The van der Waals surface area contributed by atoms with Gasteiger partial charge < -0.3 is 17.6 Å². The fourth-order valence-corrected chi connectivity index (χ4v) is 0.494. The molecule has 0 bridgehead atoms. The van der Waals surface area contributed by atoms with E-state index >= 15 is 0 Å². The molecule has 0 fully saturated rings. The molecule has 0 aromatic heterocycles. The van der Waals surface area contributed by atoms with E-state index in [2.05, 4.69) is 0 Å². The summed E-state index contributed by atoms with van der Waals surface area (Å²) >= 11 is 0. The molecule has 0 aromatic carbocycles. The van der Waals surface area contributed by atoms with Gasteiger partial charge in [-0.25, -0.2) is 0 Å². The van der Waals surface area contributed by atoms with Gasteiger partial charge >= 0.3 is 38.4 Å². The Kier molecular flexibility index (Phi) is 5.66. The van der Waals surface area contributed by atoms with E-state index in [1.165, 1.54) is 0 Å². The Morgan fingerprint density at radius 2 is 1.07 bits per heavy atom. The predicted molar refractivity (Wildman–Crippen MR) is 26.1 cm³/mol. The number of alkyl halides is 6. The number of rotatable bonds is 2. The molecule has 86 valence electrons. The number of hydrogen-bond donors (Lipinski definition) is 0. The maximum Gasteiger partial charge on any atom is 1.00 e. The molecule has 15 heavy (non-hydrogen) atoms. The van der Waals surface area contributed by atoms with Gasteiger partial charge in [-0.2, -0.15) is 26.3 Å². The molecular weight excluding hydrogens is 241 g/mol. The second-order valence-electron chi connectivity index (χ2n) is 2.11. The SMILES string of the molecule is F[B-](F)(F)OC(C(F)(F)F)C(F)(F)F.[Li+]. The van der Waals surface area contributed by atoms with E-state index in [1.807, 2.05) is 4.65 Å². The van der Waals surface area contributed by atoms with E-state index in [4.69, 9.17) is 0 Å². The Morgan fingerprint density at radius 1 is 0.800 bits per heavy atom. The fourth-order valence-electron chi connectivity index (χ4n) is 0.494. The summed E-state index contributed by atoms with van der Waals surface area (Å²) < 4.78 is 104. The molecule has 0 atom stereocenters. The van der Waals surface area contributed by atoms with E-state index in [-0.39, 0.29) is 18.9 Å². The van der Waals surface area contributed by atoms with Crippen molar-refractivity contribution in [3.63, 3.8) is 0 Å². The first-order valence-electron chi connectivity index (χ1n) is 2.84. The zero-order valence-corrected chi connectivity index (χ0v) is 6.96. The maximum atomic E-state index is 11.4. The molecule has 0 aliphatic carbocycles. The van der Waals surface area contributed by atoms with E-state index < -0.39 is 25.6 Å². The van der Waals surface area contributed by atoms with Crippen molar-refractivity contribution >= 4 is 7.18 Å². The third-order valence-corrected chi connectivity index (χ3v) is 0.885.